The maximum Gasteiger partial charge on any atom is 0.126 e. The van der Waals surface area contributed by atoms with E-state index in [0.717, 1.165) is 27.1 Å². The van der Waals surface area contributed by atoms with Gasteiger partial charge in [-0.25, -0.2) is 8.93 Å². The summed E-state index contributed by atoms with van der Waals surface area (Å²) in [5, 5.41) is 0. The second-order valence-corrected chi connectivity index (χ2v) is 8.12. The molecule has 0 aromatic heterocycles. The molecule has 4 heteroatoms. The average molecular weight is 379 g/mol. The van der Waals surface area contributed by atoms with Crippen molar-refractivity contribution in [1.82, 2.24) is 4.72 Å². The normalized spacial score (nSPS) is 14.5. The molecule has 3 unspecified atom stereocenters. The van der Waals surface area contributed by atoms with Crippen LogP contribution < -0.4 is 10.5 Å². The van der Waals surface area contributed by atoms with Crippen molar-refractivity contribution in [2.75, 3.05) is 0 Å². The molecular formula is C23H26N2OS. The first-order chi connectivity index (χ1) is 13.0. The lowest BCUT2D eigenvalue weighted by Crippen LogP contribution is -2.33. The summed E-state index contributed by atoms with van der Waals surface area (Å²) in [5.74, 6) is 0. The highest BCUT2D eigenvalue weighted by atomic mass is 32.2. The fourth-order valence-corrected chi connectivity index (χ4v) is 4.84. The summed E-state index contributed by atoms with van der Waals surface area (Å²) in [5.41, 5.74) is 11.9. The van der Waals surface area contributed by atoms with E-state index in [2.05, 4.69) is 23.8 Å². The van der Waals surface area contributed by atoms with Crippen molar-refractivity contribution in [3.8, 4) is 0 Å². The molecule has 140 valence electrons. The van der Waals surface area contributed by atoms with Gasteiger partial charge in [-0.15, -0.1) is 0 Å². The van der Waals surface area contributed by atoms with Crippen molar-refractivity contribution < 1.29 is 4.21 Å². The number of nitrogens with two attached hydrogens (primary N) is 1. The van der Waals surface area contributed by atoms with Crippen LogP contribution in [-0.4, -0.2) is 4.21 Å². The first kappa shape index (κ1) is 19.5. The molecule has 0 saturated heterocycles. The van der Waals surface area contributed by atoms with Crippen LogP contribution in [0.5, 0.6) is 0 Å². The fourth-order valence-electron chi connectivity index (χ4n) is 3.51. The standard InChI is InChI=1S/C23H26N2OS/c1-16-14-17(2)23(18(3)15-16)27(26)25-22(20-12-8-5-9-13-20)21(24)19-10-6-4-7-11-19/h4-15,21-22,25H,24H2,1-3H3. The molecule has 3 aromatic carbocycles. The molecule has 0 bridgehead atoms. The van der Waals surface area contributed by atoms with Gasteiger partial charge >= 0.3 is 0 Å². The number of hydrogen-bond donors (Lipinski definition) is 2. The Balaban J connectivity index is 1.96. The Morgan fingerprint density at radius 3 is 1.81 bits per heavy atom. The molecule has 3 atom stereocenters. The molecule has 0 spiro atoms. The molecule has 3 N–H and O–H groups in total. The number of rotatable bonds is 6. The lowest BCUT2D eigenvalue weighted by atomic mass is 9.95. The summed E-state index contributed by atoms with van der Waals surface area (Å²) < 4.78 is 16.6. The zero-order valence-electron chi connectivity index (χ0n) is 16.0. The average Bonchev–Trinajstić information content (AvgIpc) is 2.66. The maximum absolute atomic E-state index is 13.3. The van der Waals surface area contributed by atoms with Crippen LogP contribution >= 0.6 is 0 Å². The van der Waals surface area contributed by atoms with Crippen LogP contribution in [0.1, 0.15) is 39.9 Å². The van der Waals surface area contributed by atoms with Crippen LogP contribution in [0.15, 0.2) is 77.7 Å². The van der Waals surface area contributed by atoms with Crippen LogP contribution in [0.2, 0.25) is 0 Å². The lowest BCUT2D eigenvalue weighted by Gasteiger charge is -2.26. The number of nitrogens with one attached hydrogen (secondary N) is 1. The zero-order valence-corrected chi connectivity index (χ0v) is 16.8. The third kappa shape index (κ3) is 4.53. The van der Waals surface area contributed by atoms with Gasteiger partial charge in [0.25, 0.3) is 0 Å². The van der Waals surface area contributed by atoms with Crippen molar-refractivity contribution >= 4 is 11.0 Å². The van der Waals surface area contributed by atoms with Crippen LogP contribution in [0.25, 0.3) is 0 Å². The highest BCUT2D eigenvalue weighted by molar-refractivity contribution is 7.83. The van der Waals surface area contributed by atoms with Gasteiger partial charge in [-0.3, -0.25) is 0 Å². The Morgan fingerprint density at radius 1 is 0.815 bits per heavy atom. The predicted molar refractivity (Wildman–Crippen MR) is 113 cm³/mol. The third-order valence-corrected chi connectivity index (χ3v) is 6.21. The summed E-state index contributed by atoms with van der Waals surface area (Å²) in [6.45, 7) is 6.06. The van der Waals surface area contributed by atoms with E-state index < -0.39 is 11.0 Å². The van der Waals surface area contributed by atoms with E-state index >= 15 is 0 Å². The second kappa shape index (κ2) is 8.61. The summed E-state index contributed by atoms with van der Waals surface area (Å²) >= 11 is 0. The Kier molecular flexibility index (Phi) is 6.22. The van der Waals surface area contributed by atoms with Gasteiger partial charge in [-0.2, -0.15) is 0 Å². The molecular weight excluding hydrogens is 352 g/mol. The summed E-state index contributed by atoms with van der Waals surface area (Å²) in [6.07, 6.45) is 0. The topological polar surface area (TPSA) is 55.1 Å². The van der Waals surface area contributed by atoms with E-state index in [9.17, 15) is 4.21 Å². The maximum atomic E-state index is 13.3. The van der Waals surface area contributed by atoms with Gasteiger partial charge in [0.15, 0.2) is 0 Å². The largest absolute Gasteiger partial charge is 0.322 e. The Bertz CT molecular complexity index is 903. The Hall–Kier alpha value is -2.27. The lowest BCUT2D eigenvalue weighted by molar-refractivity contribution is 0.529. The summed E-state index contributed by atoms with van der Waals surface area (Å²) in [4.78, 5) is 0.835. The van der Waals surface area contributed by atoms with Crippen molar-refractivity contribution in [2.24, 2.45) is 5.73 Å². The minimum absolute atomic E-state index is 0.269. The highest BCUT2D eigenvalue weighted by Crippen LogP contribution is 2.29. The molecule has 0 saturated carbocycles. The molecule has 0 amide bonds. The summed E-state index contributed by atoms with van der Waals surface area (Å²) in [6, 6.07) is 23.5. The van der Waals surface area contributed by atoms with E-state index in [-0.39, 0.29) is 12.1 Å². The quantitative estimate of drug-likeness (QED) is 0.655. The SMILES string of the molecule is Cc1cc(C)c(S(=O)NC(c2ccccc2)C(N)c2ccccc2)c(C)c1. The Labute approximate surface area is 164 Å². The van der Waals surface area contributed by atoms with Gasteiger partial charge in [0, 0.05) is 0 Å². The molecule has 0 aliphatic rings. The van der Waals surface area contributed by atoms with Crippen LogP contribution in [0.3, 0.4) is 0 Å². The van der Waals surface area contributed by atoms with Crippen LogP contribution in [0, 0.1) is 20.8 Å². The molecule has 0 aliphatic carbocycles. The van der Waals surface area contributed by atoms with E-state index in [1.54, 1.807) is 0 Å². The number of benzene rings is 3. The van der Waals surface area contributed by atoms with Gasteiger partial charge in [0.05, 0.1) is 17.0 Å². The van der Waals surface area contributed by atoms with Crippen LogP contribution in [-0.2, 0) is 11.0 Å². The minimum Gasteiger partial charge on any atom is -0.322 e. The molecule has 0 heterocycles. The number of aryl methyl sites for hydroxylation is 3. The van der Waals surface area contributed by atoms with Crippen molar-refractivity contribution in [3.05, 3.63) is 101 Å². The molecule has 0 aliphatic heterocycles. The predicted octanol–water partition coefficient (Wildman–Crippen LogP) is 4.67. The zero-order chi connectivity index (χ0) is 19.4. The van der Waals surface area contributed by atoms with E-state index in [4.69, 9.17) is 5.73 Å². The van der Waals surface area contributed by atoms with Gasteiger partial charge in [0.2, 0.25) is 0 Å². The first-order valence-electron chi connectivity index (χ1n) is 9.08. The second-order valence-electron chi connectivity index (χ2n) is 6.94. The molecule has 0 radical (unpaired) electrons. The highest BCUT2D eigenvalue weighted by Gasteiger charge is 2.24. The third-order valence-electron chi connectivity index (χ3n) is 4.73. The van der Waals surface area contributed by atoms with Gasteiger partial charge in [-0.05, 0) is 43.0 Å². The molecule has 3 aromatic rings. The van der Waals surface area contributed by atoms with E-state index in [1.807, 2.05) is 74.5 Å². The fraction of sp³-hybridized carbons (Fsp3) is 0.217. The molecule has 0 fully saturated rings. The van der Waals surface area contributed by atoms with E-state index in [1.165, 1.54) is 5.56 Å². The van der Waals surface area contributed by atoms with Crippen LogP contribution in [0.4, 0.5) is 0 Å². The monoisotopic (exact) mass is 378 g/mol. The van der Waals surface area contributed by atoms with Gasteiger partial charge in [-0.1, -0.05) is 78.4 Å². The molecule has 3 nitrogen and oxygen atoms in total. The number of hydrogen-bond acceptors (Lipinski definition) is 2. The van der Waals surface area contributed by atoms with E-state index in [0.29, 0.717) is 0 Å². The Morgan fingerprint density at radius 2 is 1.30 bits per heavy atom. The van der Waals surface area contributed by atoms with Crippen molar-refractivity contribution in [3.63, 3.8) is 0 Å². The van der Waals surface area contributed by atoms with Gasteiger partial charge in [0.1, 0.15) is 11.0 Å². The molecule has 3 rings (SSSR count). The van der Waals surface area contributed by atoms with Gasteiger partial charge < -0.3 is 5.73 Å². The minimum atomic E-state index is -1.37. The van der Waals surface area contributed by atoms with Crippen molar-refractivity contribution in [2.45, 2.75) is 37.8 Å². The first-order valence-corrected chi connectivity index (χ1v) is 10.2. The smallest absolute Gasteiger partial charge is 0.126 e. The van der Waals surface area contributed by atoms with Crippen molar-refractivity contribution in [1.29, 1.82) is 0 Å². The molecule has 27 heavy (non-hydrogen) atoms. The summed E-state index contributed by atoms with van der Waals surface area (Å²) in [7, 11) is -1.37.